The summed E-state index contributed by atoms with van der Waals surface area (Å²) in [5.41, 5.74) is 1.22. The fourth-order valence-corrected chi connectivity index (χ4v) is 3.25. The van der Waals surface area contributed by atoms with E-state index in [2.05, 4.69) is 9.97 Å². The van der Waals surface area contributed by atoms with E-state index < -0.39 is 11.8 Å². The average molecular weight is 327 g/mol. The van der Waals surface area contributed by atoms with Crippen LogP contribution in [0.5, 0.6) is 0 Å². The van der Waals surface area contributed by atoms with E-state index >= 15 is 0 Å². The molecule has 2 aromatic rings. The summed E-state index contributed by atoms with van der Waals surface area (Å²) in [5.74, 6) is -0.575. The van der Waals surface area contributed by atoms with Crippen molar-refractivity contribution in [2.45, 2.75) is 24.6 Å². The van der Waals surface area contributed by atoms with Gasteiger partial charge in [-0.05, 0) is 31.5 Å². The molecule has 2 rings (SSSR count). The fourth-order valence-electron chi connectivity index (χ4n) is 1.82. The molecule has 0 aliphatic heterocycles. The minimum atomic E-state index is -1.07. The molecule has 1 heterocycles. The van der Waals surface area contributed by atoms with Crippen LogP contribution in [-0.4, -0.2) is 21.0 Å². The van der Waals surface area contributed by atoms with Gasteiger partial charge in [0, 0.05) is 10.8 Å². The smallest absolute Gasteiger partial charge is 0.340 e. The minimum Gasteiger partial charge on any atom is -0.478 e. The summed E-state index contributed by atoms with van der Waals surface area (Å²) >= 11 is 7.20. The Hall–Kier alpha value is -1.66. The highest BCUT2D eigenvalue weighted by molar-refractivity contribution is 7.98. The van der Waals surface area contributed by atoms with Gasteiger partial charge >= 0.3 is 5.97 Å². The van der Waals surface area contributed by atoms with Gasteiger partial charge in [0.15, 0.2) is 0 Å². The van der Waals surface area contributed by atoms with E-state index in [0.29, 0.717) is 32.9 Å². The first-order valence-corrected chi connectivity index (χ1v) is 7.40. The number of rotatable bonds is 4. The van der Waals surface area contributed by atoms with Gasteiger partial charge in [0.05, 0.1) is 5.69 Å². The molecular formula is C14H12ClFN2O2S. The van der Waals surface area contributed by atoms with Crippen LogP contribution in [0.3, 0.4) is 0 Å². The standard InChI is InChI=1S/C14H12ClFN2O2S/c1-7-12(14(19)20)13(18-8(2)17-7)21-6-9-3-4-10(16)5-11(9)15/h3-5H,6H2,1-2H3,(H,19,20). The zero-order chi connectivity index (χ0) is 15.6. The molecule has 0 aliphatic carbocycles. The molecule has 0 radical (unpaired) electrons. The lowest BCUT2D eigenvalue weighted by molar-refractivity contribution is 0.0690. The van der Waals surface area contributed by atoms with E-state index in [1.807, 2.05) is 0 Å². The molecule has 0 aliphatic rings. The van der Waals surface area contributed by atoms with Gasteiger partial charge in [0.25, 0.3) is 0 Å². The molecule has 1 N–H and O–H groups in total. The molecule has 1 aromatic carbocycles. The number of carbonyl (C=O) groups is 1. The number of halogens is 2. The van der Waals surface area contributed by atoms with Gasteiger partial charge in [-0.15, -0.1) is 11.8 Å². The Morgan fingerprint density at radius 1 is 1.38 bits per heavy atom. The maximum Gasteiger partial charge on any atom is 0.340 e. The van der Waals surface area contributed by atoms with Crippen LogP contribution in [0.15, 0.2) is 23.2 Å². The summed E-state index contributed by atoms with van der Waals surface area (Å²) in [6.07, 6.45) is 0. The van der Waals surface area contributed by atoms with Crippen LogP contribution in [0.4, 0.5) is 4.39 Å². The van der Waals surface area contributed by atoms with Crippen molar-refractivity contribution >= 4 is 29.3 Å². The summed E-state index contributed by atoms with van der Waals surface area (Å²) in [4.78, 5) is 19.5. The van der Waals surface area contributed by atoms with Gasteiger partial charge in [0.2, 0.25) is 0 Å². The lowest BCUT2D eigenvalue weighted by Gasteiger charge is -2.09. The second-order valence-electron chi connectivity index (χ2n) is 4.37. The summed E-state index contributed by atoms with van der Waals surface area (Å²) in [6, 6.07) is 4.12. The highest BCUT2D eigenvalue weighted by Crippen LogP contribution is 2.29. The number of carboxylic acids is 1. The van der Waals surface area contributed by atoms with Crippen molar-refractivity contribution in [3.05, 3.63) is 51.7 Å². The predicted octanol–water partition coefficient (Wildman–Crippen LogP) is 3.88. The molecule has 7 heteroatoms. The number of hydrogen-bond acceptors (Lipinski definition) is 4. The van der Waals surface area contributed by atoms with Gasteiger partial charge in [-0.25, -0.2) is 19.2 Å². The van der Waals surface area contributed by atoms with Crippen molar-refractivity contribution in [1.29, 1.82) is 0 Å². The first-order valence-electron chi connectivity index (χ1n) is 6.03. The van der Waals surface area contributed by atoms with Gasteiger partial charge in [-0.2, -0.15) is 0 Å². The third-order valence-electron chi connectivity index (χ3n) is 2.76. The number of nitrogens with zero attached hydrogens (tertiary/aromatic N) is 2. The second kappa shape index (κ2) is 6.41. The number of carboxylic acid groups (broad SMARTS) is 1. The maximum absolute atomic E-state index is 13.0. The third kappa shape index (κ3) is 3.71. The fraction of sp³-hybridized carbons (Fsp3) is 0.214. The van der Waals surface area contributed by atoms with Crippen LogP contribution in [0.1, 0.15) is 27.4 Å². The van der Waals surface area contributed by atoms with E-state index in [-0.39, 0.29) is 5.56 Å². The molecule has 0 saturated heterocycles. The Labute approximate surface area is 130 Å². The van der Waals surface area contributed by atoms with Crippen LogP contribution >= 0.6 is 23.4 Å². The molecule has 1 aromatic heterocycles. The Balaban J connectivity index is 2.29. The van der Waals surface area contributed by atoms with Gasteiger partial charge in [-0.3, -0.25) is 0 Å². The van der Waals surface area contributed by atoms with Crippen molar-refractivity contribution in [1.82, 2.24) is 9.97 Å². The molecule has 0 bridgehead atoms. The van der Waals surface area contributed by atoms with E-state index in [1.165, 1.54) is 23.9 Å². The molecule has 0 spiro atoms. The lowest BCUT2D eigenvalue weighted by Crippen LogP contribution is -2.08. The van der Waals surface area contributed by atoms with Gasteiger partial charge in [-0.1, -0.05) is 17.7 Å². The van der Waals surface area contributed by atoms with Crippen molar-refractivity contribution in [2.24, 2.45) is 0 Å². The Kier molecular flexibility index (Phi) is 4.80. The topological polar surface area (TPSA) is 63.1 Å². The van der Waals surface area contributed by atoms with Crippen molar-refractivity contribution in [3.8, 4) is 0 Å². The average Bonchev–Trinajstić information content (AvgIpc) is 2.36. The first-order chi connectivity index (χ1) is 9.88. The summed E-state index contributed by atoms with van der Waals surface area (Å²) in [5, 5.41) is 9.95. The molecule has 0 amide bonds. The number of benzene rings is 1. The van der Waals surface area contributed by atoms with Gasteiger partial charge < -0.3 is 5.11 Å². The molecule has 4 nitrogen and oxygen atoms in total. The van der Waals surface area contributed by atoms with Crippen LogP contribution in [0.25, 0.3) is 0 Å². The lowest BCUT2D eigenvalue weighted by atomic mass is 10.2. The predicted molar refractivity (Wildman–Crippen MR) is 79.4 cm³/mol. The van der Waals surface area contributed by atoms with Crippen LogP contribution in [0, 0.1) is 19.7 Å². The number of aryl methyl sites for hydroxylation is 2. The Morgan fingerprint density at radius 3 is 2.71 bits per heavy atom. The molecule has 110 valence electrons. The highest BCUT2D eigenvalue weighted by atomic mass is 35.5. The Morgan fingerprint density at radius 2 is 2.10 bits per heavy atom. The molecule has 0 fully saturated rings. The largest absolute Gasteiger partial charge is 0.478 e. The SMILES string of the molecule is Cc1nc(C)c(C(=O)O)c(SCc2ccc(F)cc2Cl)n1. The van der Waals surface area contributed by atoms with Gasteiger partial charge in [0.1, 0.15) is 22.2 Å². The first kappa shape index (κ1) is 15.7. The van der Waals surface area contributed by atoms with E-state index in [4.69, 9.17) is 11.6 Å². The number of thioether (sulfide) groups is 1. The third-order valence-corrected chi connectivity index (χ3v) is 4.14. The summed E-state index contributed by atoms with van der Waals surface area (Å²) < 4.78 is 13.0. The zero-order valence-corrected chi connectivity index (χ0v) is 12.9. The highest BCUT2D eigenvalue weighted by Gasteiger charge is 2.17. The monoisotopic (exact) mass is 326 g/mol. The van der Waals surface area contributed by atoms with Crippen molar-refractivity contribution in [3.63, 3.8) is 0 Å². The van der Waals surface area contributed by atoms with Crippen LogP contribution < -0.4 is 0 Å². The molecule has 0 saturated carbocycles. The molecule has 0 unspecified atom stereocenters. The second-order valence-corrected chi connectivity index (χ2v) is 5.74. The normalized spacial score (nSPS) is 10.7. The number of aromatic nitrogens is 2. The van der Waals surface area contributed by atoms with E-state index in [0.717, 1.165) is 0 Å². The summed E-state index contributed by atoms with van der Waals surface area (Å²) in [7, 11) is 0. The van der Waals surface area contributed by atoms with Crippen LogP contribution in [-0.2, 0) is 5.75 Å². The maximum atomic E-state index is 13.0. The minimum absolute atomic E-state index is 0.0869. The Bertz CT molecular complexity index is 710. The van der Waals surface area contributed by atoms with Crippen molar-refractivity contribution < 1.29 is 14.3 Å². The molecular weight excluding hydrogens is 315 g/mol. The molecule has 0 atom stereocenters. The number of aromatic carboxylic acids is 1. The van der Waals surface area contributed by atoms with Crippen LogP contribution in [0.2, 0.25) is 5.02 Å². The quantitative estimate of drug-likeness (QED) is 0.682. The molecule has 21 heavy (non-hydrogen) atoms. The zero-order valence-electron chi connectivity index (χ0n) is 11.4. The summed E-state index contributed by atoms with van der Waals surface area (Å²) in [6.45, 7) is 3.33. The van der Waals surface area contributed by atoms with Crippen molar-refractivity contribution in [2.75, 3.05) is 0 Å². The van der Waals surface area contributed by atoms with E-state index in [9.17, 15) is 14.3 Å². The van der Waals surface area contributed by atoms with E-state index in [1.54, 1.807) is 19.9 Å². The number of hydrogen-bond donors (Lipinski definition) is 1.